The van der Waals surface area contributed by atoms with Crippen LogP contribution in [-0.2, 0) is 9.59 Å². The summed E-state index contributed by atoms with van der Waals surface area (Å²) in [6.07, 6.45) is 6.17. The first-order valence-corrected chi connectivity index (χ1v) is 8.37. The molecule has 0 atom stereocenters. The third-order valence-corrected chi connectivity index (χ3v) is 3.43. The Morgan fingerprint density at radius 3 is 2.27 bits per heavy atom. The summed E-state index contributed by atoms with van der Waals surface area (Å²) in [4.78, 5) is 28.3. The van der Waals surface area contributed by atoms with Crippen LogP contribution in [0.5, 0.6) is 0 Å². The molecule has 2 amide bonds. The van der Waals surface area contributed by atoms with Gasteiger partial charge in [-0.05, 0) is 30.7 Å². The fourth-order valence-corrected chi connectivity index (χ4v) is 2.23. The highest BCUT2D eigenvalue weighted by Crippen LogP contribution is 2.11. The van der Waals surface area contributed by atoms with E-state index in [2.05, 4.69) is 23.9 Å². The van der Waals surface area contributed by atoms with Crippen LogP contribution in [0, 0.1) is 5.92 Å². The Morgan fingerprint density at radius 1 is 1.09 bits per heavy atom. The first-order chi connectivity index (χ1) is 10.5. The minimum Gasteiger partial charge on any atom is -0.283 e. The fourth-order valence-electron chi connectivity index (χ4n) is 2.23. The van der Waals surface area contributed by atoms with E-state index < -0.39 is 0 Å². The van der Waals surface area contributed by atoms with Crippen LogP contribution in [0.4, 0.5) is 0 Å². The van der Waals surface area contributed by atoms with Gasteiger partial charge in [-0.2, -0.15) is 0 Å². The lowest BCUT2D eigenvalue weighted by Gasteiger charge is -2.20. The van der Waals surface area contributed by atoms with Gasteiger partial charge in [0.2, 0.25) is 11.8 Å². The van der Waals surface area contributed by atoms with Gasteiger partial charge < -0.3 is 0 Å². The van der Waals surface area contributed by atoms with Gasteiger partial charge in [-0.25, -0.2) is 0 Å². The number of amides is 2. The lowest BCUT2D eigenvalue weighted by molar-refractivity contribution is -0.145. The molecule has 0 aromatic carbocycles. The van der Waals surface area contributed by atoms with Crippen LogP contribution in [0.3, 0.4) is 0 Å². The van der Waals surface area contributed by atoms with Crippen molar-refractivity contribution in [2.75, 3.05) is 13.1 Å². The van der Waals surface area contributed by atoms with E-state index in [0.29, 0.717) is 31.8 Å². The van der Waals surface area contributed by atoms with Crippen molar-refractivity contribution in [3.8, 4) is 0 Å². The minimum absolute atomic E-state index is 0.0693. The molecule has 0 aliphatic carbocycles. The Morgan fingerprint density at radius 2 is 1.73 bits per heavy atom. The molecule has 0 bridgehead atoms. The standard InChI is InChI=1S/C16H30N4O2/c1-4-13-20(16(22)11-8-12-18-19-17)15(21)10-7-5-6-9-14(2)3/h14H,4-13H2,1-3H3. The fraction of sp³-hybridized carbons (Fsp3) is 0.875. The molecule has 0 aliphatic rings. The highest BCUT2D eigenvalue weighted by atomic mass is 16.2. The summed E-state index contributed by atoms with van der Waals surface area (Å²) in [7, 11) is 0. The zero-order valence-electron chi connectivity index (χ0n) is 14.3. The Bertz CT molecular complexity index is 376. The number of hydrogen-bond acceptors (Lipinski definition) is 3. The smallest absolute Gasteiger partial charge is 0.229 e. The first-order valence-electron chi connectivity index (χ1n) is 8.37. The average molecular weight is 310 g/mol. The molecular weight excluding hydrogens is 280 g/mol. The lowest BCUT2D eigenvalue weighted by atomic mass is 10.0. The van der Waals surface area contributed by atoms with E-state index in [1.165, 1.54) is 11.3 Å². The number of carbonyl (C=O) groups excluding carboxylic acids is 2. The molecule has 0 heterocycles. The molecule has 22 heavy (non-hydrogen) atoms. The van der Waals surface area contributed by atoms with Gasteiger partial charge in [-0.3, -0.25) is 14.5 Å². The van der Waals surface area contributed by atoms with E-state index in [9.17, 15) is 9.59 Å². The molecule has 0 saturated carbocycles. The van der Waals surface area contributed by atoms with Crippen molar-refractivity contribution in [2.24, 2.45) is 11.0 Å². The Kier molecular flexibility index (Phi) is 12.2. The van der Waals surface area contributed by atoms with Crippen LogP contribution in [0.25, 0.3) is 10.4 Å². The zero-order chi connectivity index (χ0) is 16.8. The van der Waals surface area contributed by atoms with E-state index >= 15 is 0 Å². The first kappa shape index (κ1) is 20.5. The largest absolute Gasteiger partial charge is 0.283 e. The molecule has 0 rings (SSSR count). The number of carbonyl (C=O) groups is 2. The maximum absolute atomic E-state index is 12.2. The zero-order valence-corrected chi connectivity index (χ0v) is 14.3. The number of nitrogens with zero attached hydrogens (tertiary/aromatic N) is 4. The quantitative estimate of drug-likeness (QED) is 0.231. The van der Waals surface area contributed by atoms with Crippen molar-refractivity contribution in [2.45, 2.75) is 72.1 Å². The predicted octanol–water partition coefficient (Wildman–Crippen LogP) is 4.45. The summed E-state index contributed by atoms with van der Waals surface area (Å²) in [5.41, 5.74) is 8.20. The minimum atomic E-state index is -0.151. The second-order valence-electron chi connectivity index (χ2n) is 5.99. The second-order valence-corrected chi connectivity index (χ2v) is 5.99. The van der Waals surface area contributed by atoms with Crippen molar-refractivity contribution in [3.63, 3.8) is 0 Å². The lowest BCUT2D eigenvalue weighted by Crippen LogP contribution is -2.37. The molecule has 0 fully saturated rings. The van der Waals surface area contributed by atoms with Crippen molar-refractivity contribution in [3.05, 3.63) is 10.4 Å². The molecule has 0 aliphatic heterocycles. The molecule has 0 radical (unpaired) electrons. The van der Waals surface area contributed by atoms with E-state index in [1.807, 2.05) is 6.92 Å². The molecule has 0 N–H and O–H groups in total. The van der Waals surface area contributed by atoms with Gasteiger partial charge in [0.05, 0.1) is 0 Å². The summed E-state index contributed by atoms with van der Waals surface area (Å²) in [6, 6.07) is 0. The Balaban J connectivity index is 4.14. The van der Waals surface area contributed by atoms with Crippen LogP contribution in [0.1, 0.15) is 72.1 Å². The summed E-state index contributed by atoms with van der Waals surface area (Å²) in [6.45, 7) is 7.12. The highest BCUT2D eigenvalue weighted by molar-refractivity contribution is 5.95. The van der Waals surface area contributed by atoms with Crippen molar-refractivity contribution in [1.82, 2.24) is 4.90 Å². The van der Waals surface area contributed by atoms with E-state index in [0.717, 1.165) is 25.7 Å². The van der Waals surface area contributed by atoms with Crippen LogP contribution in [0.15, 0.2) is 5.11 Å². The van der Waals surface area contributed by atoms with Gasteiger partial charge in [0.1, 0.15) is 0 Å². The summed E-state index contributed by atoms with van der Waals surface area (Å²) < 4.78 is 0. The van der Waals surface area contributed by atoms with Crippen molar-refractivity contribution >= 4 is 11.8 Å². The SMILES string of the molecule is CCCN(C(=O)CCCCCC(C)C)C(=O)CCCN=[N+]=[N-]. The summed E-state index contributed by atoms with van der Waals surface area (Å²) >= 11 is 0. The summed E-state index contributed by atoms with van der Waals surface area (Å²) in [5.74, 6) is 0.479. The maximum Gasteiger partial charge on any atom is 0.229 e. The highest BCUT2D eigenvalue weighted by Gasteiger charge is 2.19. The maximum atomic E-state index is 12.2. The number of unbranched alkanes of at least 4 members (excludes halogenated alkanes) is 2. The number of hydrogen-bond donors (Lipinski definition) is 0. The van der Waals surface area contributed by atoms with Crippen LogP contribution in [-0.4, -0.2) is 29.8 Å². The van der Waals surface area contributed by atoms with E-state index in [1.54, 1.807) is 0 Å². The topological polar surface area (TPSA) is 86.1 Å². The molecule has 6 nitrogen and oxygen atoms in total. The number of imide groups is 1. The van der Waals surface area contributed by atoms with Crippen molar-refractivity contribution in [1.29, 1.82) is 0 Å². The third-order valence-electron chi connectivity index (χ3n) is 3.43. The monoisotopic (exact) mass is 310 g/mol. The number of rotatable bonds is 12. The predicted molar refractivity (Wildman–Crippen MR) is 88.2 cm³/mol. The van der Waals surface area contributed by atoms with Crippen LogP contribution in [0.2, 0.25) is 0 Å². The molecule has 6 heteroatoms. The van der Waals surface area contributed by atoms with Gasteiger partial charge in [-0.1, -0.05) is 45.1 Å². The number of azide groups is 1. The van der Waals surface area contributed by atoms with E-state index in [-0.39, 0.29) is 18.2 Å². The Labute approximate surface area is 133 Å². The molecule has 0 saturated heterocycles. The van der Waals surface area contributed by atoms with Gasteiger partial charge in [0, 0.05) is 30.8 Å². The molecule has 126 valence electrons. The molecule has 0 aromatic heterocycles. The van der Waals surface area contributed by atoms with Gasteiger partial charge in [-0.15, -0.1) is 0 Å². The van der Waals surface area contributed by atoms with Crippen LogP contribution < -0.4 is 0 Å². The molecule has 0 aromatic rings. The molecule has 0 spiro atoms. The molecule has 0 unspecified atom stereocenters. The van der Waals surface area contributed by atoms with Gasteiger partial charge in [0.15, 0.2) is 0 Å². The third kappa shape index (κ3) is 10.2. The van der Waals surface area contributed by atoms with Crippen molar-refractivity contribution < 1.29 is 9.59 Å². The summed E-state index contributed by atoms with van der Waals surface area (Å²) in [5, 5.41) is 3.40. The Hall–Kier alpha value is -1.55. The van der Waals surface area contributed by atoms with Gasteiger partial charge in [0.25, 0.3) is 0 Å². The van der Waals surface area contributed by atoms with Crippen LogP contribution >= 0.6 is 0 Å². The van der Waals surface area contributed by atoms with E-state index in [4.69, 9.17) is 5.53 Å². The molecular formula is C16H30N4O2. The van der Waals surface area contributed by atoms with Gasteiger partial charge >= 0.3 is 0 Å². The normalized spacial score (nSPS) is 10.4. The second kappa shape index (κ2) is 13.1. The average Bonchev–Trinajstić information content (AvgIpc) is 2.48.